The van der Waals surface area contributed by atoms with Crippen molar-refractivity contribution in [1.29, 1.82) is 0 Å². The number of hydrogen-bond acceptors (Lipinski definition) is 3. The highest BCUT2D eigenvalue weighted by Gasteiger charge is 2.46. The van der Waals surface area contributed by atoms with Crippen molar-refractivity contribution >= 4 is 5.91 Å². The Kier molecular flexibility index (Phi) is 5.04. The van der Waals surface area contributed by atoms with Gasteiger partial charge in [-0.1, -0.05) is 12.1 Å². The van der Waals surface area contributed by atoms with Gasteiger partial charge in [0.25, 0.3) is 0 Å². The van der Waals surface area contributed by atoms with Crippen molar-refractivity contribution in [3.05, 3.63) is 35.6 Å². The fraction of sp³-hybridized carbons (Fsp3) is 0.650. The topological polar surface area (TPSA) is 32.8 Å². The molecule has 3 fully saturated rings. The molecule has 2 aliphatic heterocycles. The lowest BCUT2D eigenvalue weighted by molar-refractivity contribution is -0.134. The number of rotatable bonds is 4. The number of ether oxygens (including phenoxy) is 1. The van der Waals surface area contributed by atoms with E-state index >= 15 is 0 Å². The molecule has 2 saturated heterocycles. The molecular weight excluding hydrogens is 319 g/mol. The van der Waals surface area contributed by atoms with E-state index in [1.54, 1.807) is 0 Å². The van der Waals surface area contributed by atoms with Crippen LogP contribution in [0.1, 0.15) is 30.7 Å². The summed E-state index contributed by atoms with van der Waals surface area (Å²) in [5.41, 5.74) is 1.10. The van der Waals surface area contributed by atoms with Gasteiger partial charge in [0.05, 0.1) is 13.2 Å². The number of hydrogen-bond donors (Lipinski definition) is 0. The molecule has 5 heteroatoms. The first-order valence-electron chi connectivity index (χ1n) is 9.55. The first-order chi connectivity index (χ1) is 12.2. The van der Waals surface area contributed by atoms with E-state index in [9.17, 15) is 9.18 Å². The predicted molar refractivity (Wildman–Crippen MR) is 93.8 cm³/mol. The first-order valence-corrected chi connectivity index (χ1v) is 9.55. The van der Waals surface area contributed by atoms with Crippen molar-refractivity contribution in [2.45, 2.75) is 25.2 Å². The summed E-state index contributed by atoms with van der Waals surface area (Å²) in [5, 5.41) is 0. The van der Waals surface area contributed by atoms with Crippen LogP contribution in [0.4, 0.5) is 4.39 Å². The summed E-state index contributed by atoms with van der Waals surface area (Å²) in [4.78, 5) is 17.4. The van der Waals surface area contributed by atoms with Crippen LogP contribution >= 0.6 is 0 Å². The maximum Gasteiger partial charge on any atom is 0.226 e. The minimum absolute atomic E-state index is 0.104. The number of nitrogens with zero attached hydrogens (tertiary/aromatic N) is 2. The molecule has 1 aromatic carbocycles. The smallest absolute Gasteiger partial charge is 0.226 e. The van der Waals surface area contributed by atoms with Crippen LogP contribution in [0.15, 0.2) is 24.3 Å². The molecule has 1 amide bonds. The Morgan fingerprint density at radius 1 is 1.16 bits per heavy atom. The van der Waals surface area contributed by atoms with Crippen molar-refractivity contribution in [1.82, 2.24) is 9.80 Å². The molecule has 25 heavy (non-hydrogen) atoms. The second kappa shape index (κ2) is 7.42. The minimum Gasteiger partial charge on any atom is -0.379 e. The fourth-order valence-corrected chi connectivity index (χ4v) is 4.34. The summed E-state index contributed by atoms with van der Waals surface area (Å²) in [7, 11) is 0. The van der Waals surface area contributed by atoms with E-state index in [-0.39, 0.29) is 17.7 Å². The maximum atomic E-state index is 13.1. The zero-order valence-corrected chi connectivity index (χ0v) is 14.7. The molecule has 0 N–H and O–H groups in total. The van der Waals surface area contributed by atoms with E-state index in [2.05, 4.69) is 9.80 Å². The van der Waals surface area contributed by atoms with Crippen LogP contribution in [0.3, 0.4) is 0 Å². The summed E-state index contributed by atoms with van der Waals surface area (Å²) >= 11 is 0. The van der Waals surface area contributed by atoms with Crippen LogP contribution in [-0.2, 0) is 9.53 Å². The van der Waals surface area contributed by atoms with E-state index in [4.69, 9.17) is 4.74 Å². The van der Waals surface area contributed by atoms with Crippen molar-refractivity contribution in [2.75, 3.05) is 45.9 Å². The highest BCUT2D eigenvalue weighted by molar-refractivity contribution is 5.83. The third kappa shape index (κ3) is 4.04. The molecule has 3 aliphatic rings. The molecule has 2 heterocycles. The van der Waals surface area contributed by atoms with Crippen LogP contribution in [0, 0.1) is 17.7 Å². The highest BCUT2D eigenvalue weighted by Crippen LogP contribution is 2.48. The van der Waals surface area contributed by atoms with Gasteiger partial charge in [0.15, 0.2) is 0 Å². The van der Waals surface area contributed by atoms with E-state index in [1.807, 2.05) is 12.1 Å². The van der Waals surface area contributed by atoms with Crippen molar-refractivity contribution in [2.24, 2.45) is 11.8 Å². The summed E-state index contributed by atoms with van der Waals surface area (Å²) in [6.07, 6.45) is 3.23. The predicted octanol–water partition coefficient (Wildman–Crippen LogP) is 2.50. The molecule has 0 aromatic heterocycles. The molecule has 1 aliphatic carbocycles. The van der Waals surface area contributed by atoms with E-state index < -0.39 is 0 Å². The van der Waals surface area contributed by atoms with Crippen LogP contribution < -0.4 is 0 Å². The molecule has 0 bridgehead atoms. The SMILES string of the molecule is O=C([C@@H]1C[C@@H]1c1ccc(F)cc1)N1CCC[C@@H](CN2CCOCC2)C1. The van der Waals surface area contributed by atoms with Gasteiger partial charge >= 0.3 is 0 Å². The van der Waals surface area contributed by atoms with Crippen LogP contribution in [0.2, 0.25) is 0 Å². The number of carbonyl (C=O) groups excluding carboxylic acids is 1. The monoisotopic (exact) mass is 346 g/mol. The van der Waals surface area contributed by atoms with Gasteiger partial charge in [0, 0.05) is 38.6 Å². The zero-order chi connectivity index (χ0) is 17.2. The van der Waals surface area contributed by atoms with E-state index in [0.717, 1.165) is 64.3 Å². The van der Waals surface area contributed by atoms with Gasteiger partial charge < -0.3 is 9.64 Å². The number of halogens is 1. The largest absolute Gasteiger partial charge is 0.379 e. The normalized spacial score (nSPS) is 30.3. The van der Waals surface area contributed by atoms with Gasteiger partial charge in [-0.3, -0.25) is 9.69 Å². The molecule has 0 spiro atoms. The number of piperidine rings is 1. The molecule has 3 atom stereocenters. The van der Waals surface area contributed by atoms with Crippen LogP contribution in [0.5, 0.6) is 0 Å². The Hall–Kier alpha value is -1.46. The van der Waals surface area contributed by atoms with Gasteiger partial charge in [0.1, 0.15) is 5.82 Å². The van der Waals surface area contributed by atoms with E-state index in [1.165, 1.54) is 18.6 Å². The lowest BCUT2D eigenvalue weighted by Gasteiger charge is -2.37. The fourth-order valence-electron chi connectivity index (χ4n) is 4.34. The summed E-state index contributed by atoms with van der Waals surface area (Å²) in [5.74, 6) is 1.06. The number of carbonyl (C=O) groups is 1. The number of amides is 1. The Morgan fingerprint density at radius 2 is 1.92 bits per heavy atom. The Balaban J connectivity index is 1.30. The molecule has 4 nitrogen and oxygen atoms in total. The van der Waals surface area contributed by atoms with Crippen molar-refractivity contribution < 1.29 is 13.9 Å². The van der Waals surface area contributed by atoms with E-state index in [0.29, 0.717) is 11.8 Å². The summed E-state index contributed by atoms with van der Waals surface area (Å²) < 4.78 is 18.5. The molecule has 1 saturated carbocycles. The molecule has 1 aromatic rings. The third-order valence-electron chi connectivity index (χ3n) is 5.86. The zero-order valence-electron chi connectivity index (χ0n) is 14.7. The Bertz CT molecular complexity index is 600. The van der Waals surface area contributed by atoms with Crippen LogP contribution in [0.25, 0.3) is 0 Å². The maximum absolute atomic E-state index is 13.1. The average Bonchev–Trinajstić information content (AvgIpc) is 3.43. The van der Waals surface area contributed by atoms with Gasteiger partial charge in [-0.2, -0.15) is 0 Å². The van der Waals surface area contributed by atoms with Gasteiger partial charge in [-0.15, -0.1) is 0 Å². The lowest BCUT2D eigenvalue weighted by Crippen LogP contribution is -2.46. The highest BCUT2D eigenvalue weighted by atomic mass is 19.1. The first kappa shape index (κ1) is 17.0. The second-order valence-corrected chi connectivity index (χ2v) is 7.71. The quantitative estimate of drug-likeness (QED) is 0.840. The van der Waals surface area contributed by atoms with Crippen LogP contribution in [-0.4, -0.2) is 61.6 Å². The molecule has 4 rings (SSSR count). The molecule has 0 radical (unpaired) electrons. The minimum atomic E-state index is -0.214. The van der Waals surface area contributed by atoms with Crippen molar-refractivity contribution in [3.63, 3.8) is 0 Å². The standard InChI is InChI=1S/C20H27FN2O2/c21-17-5-3-16(4-6-17)18-12-19(18)20(24)23-7-1-2-15(14-23)13-22-8-10-25-11-9-22/h3-6,15,18-19H,1-2,7-14H2/t15-,18+,19+/m0/s1. The Labute approximate surface area is 148 Å². The Morgan fingerprint density at radius 3 is 2.68 bits per heavy atom. The summed E-state index contributed by atoms with van der Waals surface area (Å²) in [6, 6.07) is 6.64. The molecule has 0 unspecified atom stereocenters. The third-order valence-corrected chi connectivity index (χ3v) is 5.86. The number of benzene rings is 1. The summed E-state index contributed by atoms with van der Waals surface area (Å²) in [6.45, 7) is 6.56. The van der Waals surface area contributed by atoms with Crippen molar-refractivity contribution in [3.8, 4) is 0 Å². The molecule has 136 valence electrons. The van der Waals surface area contributed by atoms with Gasteiger partial charge in [-0.25, -0.2) is 4.39 Å². The second-order valence-electron chi connectivity index (χ2n) is 7.71. The average molecular weight is 346 g/mol. The van der Waals surface area contributed by atoms with Gasteiger partial charge in [-0.05, 0) is 48.8 Å². The van der Waals surface area contributed by atoms with Gasteiger partial charge in [0.2, 0.25) is 5.91 Å². The lowest BCUT2D eigenvalue weighted by atomic mass is 9.96. The number of morpholine rings is 1. The number of likely N-dealkylation sites (tertiary alicyclic amines) is 1. The molecular formula is C20H27FN2O2.